The number of nitrogens with one attached hydrogen (secondary N) is 2. The van der Waals surface area contributed by atoms with Gasteiger partial charge in [-0.1, -0.05) is 6.92 Å². The fourth-order valence-corrected chi connectivity index (χ4v) is 1.90. The molecule has 1 amide bonds. The molecular weight excluding hydrogens is 270 g/mol. The van der Waals surface area contributed by atoms with Gasteiger partial charge in [0.25, 0.3) is 5.89 Å². The van der Waals surface area contributed by atoms with Gasteiger partial charge in [-0.25, -0.2) is 4.98 Å². The van der Waals surface area contributed by atoms with Crippen LogP contribution in [0.3, 0.4) is 0 Å². The Bertz CT molecular complexity index is 561. The summed E-state index contributed by atoms with van der Waals surface area (Å²) < 4.78 is 10.8. The first kappa shape index (κ1) is 15.3. The minimum atomic E-state index is -0.0595. The summed E-state index contributed by atoms with van der Waals surface area (Å²) in [5.74, 6) is 1.55. The number of carbonyl (C=O) groups excluding carboxylic acids is 1. The molecule has 0 radical (unpaired) electrons. The van der Waals surface area contributed by atoms with Crippen molar-refractivity contribution in [3.8, 4) is 11.7 Å². The molecule has 0 aliphatic carbocycles. The molecule has 0 bridgehead atoms. The Balaban J connectivity index is 1.84. The quantitative estimate of drug-likeness (QED) is 0.726. The van der Waals surface area contributed by atoms with Gasteiger partial charge in [0, 0.05) is 13.1 Å². The van der Waals surface area contributed by atoms with E-state index in [2.05, 4.69) is 22.5 Å². The maximum atomic E-state index is 11.8. The van der Waals surface area contributed by atoms with E-state index in [0.29, 0.717) is 29.6 Å². The van der Waals surface area contributed by atoms with E-state index < -0.39 is 0 Å². The van der Waals surface area contributed by atoms with E-state index in [1.54, 1.807) is 25.3 Å². The van der Waals surface area contributed by atoms with Crippen LogP contribution in [-0.4, -0.2) is 30.5 Å². The molecule has 0 aliphatic heterocycles. The zero-order valence-electron chi connectivity index (χ0n) is 12.4. The maximum absolute atomic E-state index is 11.8. The third-order valence-corrected chi connectivity index (χ3v) is 3.00. The van der Waals surface area contributed by atoms with Crippen LogP contribution in [0.2, 0.25) is 0 Å². The average Bonchev–Trinajstić information content (AvgIpc) is 3.09. The summed E-state index contributed by atoms with van der Waals surface area (Å²) in [5.41, 5.74) is 0.639. The standard InChI is InChI=1S/C15H21N3O3/c1-3-6-16-7-8-17-14(19)10-12-11(2)21-15(18-12)13-5-4-9-20-13/h4-5,9,16H,3,6-8,10H2,1-2H3,(H,17,19). The second-order valence-electron chi connectivity index (χ2n) is 4.78. The van der Waals surface area contributed by atoms with Crippen molar-refractivity contribution in [2.24, 2.45) is 0 Å². The summed E-state index contributed by atoms with van der Waals surface area (Å²) in [6.07, 6.45) is 2.86. The topological polar surface area (TPSA) is 80.3 Å². The molecule has 6 nitrogen and oxygen atoms in total. The molecule has 0 saturated carbocycles. The Morgan fingerprint density at radius 2 is 2.19 bits per heavy atom. The minimum absolute atomic E-state index is 0.0595. The fourth-order valence-electron chi connectivity index (χ4n) is 1.90. The Morgan fingerprint density at radius 1 is 1.33 bits per heavy atom. The van der Waals surface area contributed by atoms with Gasteiger partial charge in [0.2, 0.25) is 5.91 Å². The number of amides is 1. The largest absolute Gasteiger partial charge is 0.459 e. The molecule has 6 heteroatoms. The molecule has 2 aromatic rings. The third kappa shape index (κ3) is 4.46. The lowest BCUT2D eigenvalue weighted by atomic mass is 10.2. The number of hydrogen-bond acceptors (Lipinski definition) is 5. The highest BCUT2D eigenvalue weighted by atomic mass is 16.4. The van der Waals surface area contributed by atoms with E-state index in [-0.39, 0.29) is 12.3 Å². The van der Waals surface area contributed by atoms with Crippen molar-refractivity contribution in [3.05, 3.63) is 29.9 Å². The number of aryl methyl sites for hydroxylation is 1. The Kier molecular flexibility index (Phi) is 5.57. The molecule has 0 unspecified atom stereocenters. The molecule has 0 saturated heterocycles. The molecule has 0 aliphatic rings. The average molecular weight is 291 g/mol. The first-order chi connectivity index (χ1) is 10.2. The van der Waals surface area contributed by atoms with E-state index in [1.165, 1.54) is 0 Å². The van der Waals surface area contributed by atoms with Crippen LogP contribution in [0.15, 0.2) is 27.2 Å². The molecule has 0 spiro atoms. The van der Waals surface area contributed by atoms with Crippen LogP contribution in [0.5, 0.6) is 0 Å². The summed E-state index contributed by atoms with van der Waals surface area (Å²) in [6.45, 7) is 6.25. The van der Waals surface area contributed by atoms with E-state index in [9.17, 15) is 4.79 Å². The number of furan rings is 1. The summed E-state index contributed by atoms with van der Waals surface area (Å²) in [6, 6.07) is 3.54. The molecule has 21 heavy (non-hydrogen) atoms. The van der Waals surface area contributed by atoms with Gasteiger partial charge < -0.3 is 19.5 Å². The van der Waals surface area contributed by atoms with Crippen molar-refractivity contribution in [3.63, 3.8) is 0 Å². The molecule has 114 valence electrons. The van der Waals surface area contributed by atoms with Crippen molar-refractivity contribution in [1.82, 2.24) is 15.6 Å². The number of rotatable bonds is 8. The smallest absolute Gasteiger partial charge is 0.263 e. The summed E-state index contributed by atoms with van der Waals surface area (Å²) in [7, 11) is 0. The Labute approximate surface area is 123 Å². The predicted octanol–water partition coefficient (Wildman–Crippen LogP) is 1.90. The van der Waals surface area contributed by atoms with Crippen LogP contribution in [-0.2, 0) is 11.2 Å². The van der Waals surface area contributed by atoms with Crippen LogP contribution < -0.4 is 10.6 Å². The van der Waals surface area contributed by atoms with Crippen molar-refractivity contribution in [2.75, 3.05) is 19.6 Å². The Hall–Kier alpha value is -2.08. The predicted molar refractivity (Wildman–Crippen MR) is 78.8 cm³/mol. The van der Waals surface area contributed by atoms with Gasteiger partial charge >= 0.3 is 0 Å². The van der Waals surface area contributed by atoms with Crippen LogP contribution in [0.4, 0.5) is 0 Å². The van der Waals surface area contributed by atoms with Crippen molar-refractivity contribution < 1.29 is 13.6 Å². The molecule has 0 aromatic carbocycles. The number of carbonyl (C=O) groups is 1. The summed E-state index contributed by atoms with van der Waals surface area (Å²) in [5, 5.41) is 6.08. The second kappa shape index (κ2) is 7.64. The lowest BCUT2D eigenvalue weighted by Gasteiger charge is -2.05. The maximum Gasteiger partial charge on any atom is 0.263 e. The number of hydrogen-bond donors (Lipinski definition) is 2. The normalized spacial score (nSPS) is 10.8. The van der Waals surface area contributed by atoms with Crippen molar-refractivity contribution in [1.29, 1.82) is 0 Å². The van der Waals surface area contributed by atoms with E-state index in [1.807, 2.05) is 0 Å². The highest BCUT2D eigenvalue weighted by Crippen LogP contribution is 2.22. The SMILES string of the molecule is CCCNCCNC(=O)Cc1nc(-c2ccco2)oc1C. The first-order valence-corrected chi connectivity index (χ1v) is 7.18. The van der Waals surface area contributed by atoms with E-state index >= 15 is 0 Å². The first-order valence-electron chi connectivity index (χ1n) is 7.18. The second-order valence-corrected chi connectivity index (χ2v) is 4.78. The highest BCUT2D eigenvalue weighted by molar-refractivity contribution is 5.78. The van der Waals surface area contributed by atoms with E-state index in [4.69, 9.17) is 8.83 Å². The number of oxazole rings is 1. The number of aromatic nitrogens is 1. The van der Waals surface area contributed by atoms with Gasteiger partial charge in [-0.15, -0.1) is 0 Å². The Morgan fingerprint density at radius 3 is 2.90 bits per heavy atom. The fraction of sp³-hybridized carbons (Fsp3) is 0.467. The number of nitrogens with zero attached hydrogens (tertiary/aromatic N) is 1. The molecule has 2 aromatic heterocycles. The van der Waals surface area contributed by atoms with Crippen molar-refractivity contribution in [2.45, 2.75) is 26.7 Å². The molecular formula is C15H21N3O3. The van der Waals surface area contributed by atoms with Gasteiger partial charge in [0.05, 0.1) is 18.4 Å². The van der Waals surface area contributed by atoms with Crippen molar-refractivity contribution >= 4 is 5.91 Å². The molecule has 0 fully saturated rings. The molecule has 2 rings (SSSR count). The van der Waals surface area contributed by atoms with Gasteiger partial charge in [-0.3, -0.25) is 4.79 Å². The minimum Gasteiger partial charge on any atom is -0.459 e. The zero-order valence-corrected chi connectivity index (χ0v) is 12.4. The van der Waals surface area contributed by atoms with Crippen LogP contribution in [0, 0.1) is 6.92 Å². The molecule has 2 N–H and O–H groups in total. The van der Waals surface area contributed by atoms with E-state index in [0.717, 1.165) is 19.5 Å². The van der Waals surface area contributed by atoms with Gasteiger partial charge in [-0.2, -0.15) is 0 Å². The monoisotopic (exact) mass is 291 g/mol. The summed E-state index contributed by atoms with van der Waals surface area (Å²) in [4.78, 5) is 16.2. The highest BCUT2D eigenvalue weighted by Gasteiger charge is 2.15. The lowest BCUT2D eigenvalue weighted by molar-refractivity contribution is -0.120. The zero-order chi connectivity index (χ0) is 15.1. The van der Waals surface area contributed by atoms with Gasteiger partial charge in [-0.05, 0) is 32.0 Å². The van der Waals surface area contributed by atoms with Crippen LogP contribution in [0.25, 0.3) is 11.7 Å². The van der Waals surface area contributed by atoms with Crippen LogP contribution in [0.1, 0.15) is 24.8 Å². The third-order valence-electron chi connectivity index (χ3n) is 3.00. The molecule has 2 heterocycles. The molecule has 0 atom stereocenters. The van der Waals surface area contributed by atoms with Gasteiger partial charge in [0.1, 0.15) is 5.76 Å². The lowest BCUT2D eigenvalue weighted by Crippen LogP contribution is -2.33. The van der Waals surface area contributed by atoms with Gasteiger partial charge in [0.15, 0.2) is 5.76 Å². The van der Waals surface area contributed by atoms with Crippen LogP contribution >= 0.6 is 0 Å². The summed E-state index contributed by atoms with van der Waals surface area (Å²) >= 11 is 0.